The van der Waals surface area contributed by atoms with E-state index in [9.17, 15) is 13.2 Å². The van der Waals surface area contributed by atoms with Gasteiger partial charge in [0.2, 0.25) is 0 Å². The SMILES string of the molecule is CC(C)c1ccc(C(NN)c2cnc(C(F)(F)F)s2)cc1. The number of aromatic nitrogens is 1. The number of alkyl halides is 3. The van der Waals surface area contributed by atoms with Gasteiger partial charge in [0, 0.05) is 11.1 Å². The topological polar surface area (TPSA) is 50.9 Å². The van der Waals surface area contributed by atoms with E-state index >= 15 is 0 Å². The van der Waals surface area contributed by atoms with Crippen LogP contribution in [0.2, 0.25) is 0 Å². The lowest BCUT2D eigenvalue weighted by Crippen LogP contribution is -2.28. The fourth-order valence-corrected chi connectivity index (χ4v) is 2.84. The number of nitrogens with two attached hydrogens (primary N) is 1. The maximum Gasteiger partial charge on any atom is 0.443 e. The molecule has 1 unspecified atom stereocenters. The zero-order chi connectivity index (χ0) is 15.6. The molecule has 0 fully saturated rings. The maximum atomic E-state index is 12.6. The second-order valence-corrected chi connectivity index (χ2v) is 6.05. The fourth-order valence-electron chi connectivity index (χ4n) is 1.97. The van der Waals surface area contributed by atoms with E-state index in [-0.39, 0.29) is 0 Å². The largest absolute Gasteiger partial charge is 0.443 e. The van der Waals surface area contributed by atoms with Crippen LogP contribution in [0, 0.1) is 0 Å². The van der Waals surface area contributed by atoms with Crippen LogP contribution in [-0.2, 0) is 6.18 Å². The third-order valence-electron chi connectivity index (χ3n) is 3.15. The van der Waals surface area contributed by atoms with Gasteiger partial charge in [-0.2, -0.15) is 13.2 Å². The van der Waals surface area contributed by atoms with Crippen LogP contribution in [0.5, 0.6) is 0 Å². The van der Waals surface area contributed by atoms with Gasteiger partial charge >= 0.3 is 6.18 Å². The normalized spacial score (nSPS) is 13.7. The summed E-state index contributed by atoms with van der Waals surface area (Å²) in [5.74, 6) is 5.89. The summed E-state index contributed by atoms with van der Waals surface area (Å²) in [7, 11) is 0. The van der Waals surface area contributed by atoms with Crippen molar-refractivity contribution in [2.75, 3.05) is 0 Å². The molecule has 7 heteroatoms. The highest BCUT2D eigenvalue weighted by Crippen LogP contribution is 2.35. The Kier molecular flexibility index (Phi) is 4.65. The molecule has 1 aromatic carbocycles. The summed E-state index contributed by atoms with van der Waals surface area (Å²) < 4.78 is 37.8. The minimum atomic E-state index is -4.43. The molecular weight excluding hydrogens is 299 g/mol. The molecule has 0 aliphatic carbocycles. The van der Waals surface area contributed by atoms with Crippen LogP contribution in [-0.4, -0.2) is 4.98 Å². The molecule has 0 bridgehead atoms. The van der Waals surface area contributed by atoms with Gasteiger partial charge in [0.1, 0.15) is 0 Å². The third-order valence-corrected chi connectivity index (χ3v) is 4.26. The zero-order valence-electron chi connectivity index (χ0n) is 11.6. The average molecular weight is 315 g/mol. The Morgan fingerprint density at radius 1 is 1.14 bits per heavy atom. The summed E-state index contributed by atoms with van der Waals surface area (Å²) in [6.45, 7) is 4.15. The Labute approximate surface area is 125 Å². The minimum absolute atomic E-state index is 0.392. The zero-order valence-corrected chi connectivity index (χ0v) is 12.4. The van der Waals surface area contributed by atoms with Crippen LogP contribution in [0.3, 0.4) is 0 Å². The Morgan fingerprint density at radius 3 is 2.14 bits per heavy atom. The second-order valence-electron chi connectivity index (χ2n) is 4.99. The quantitative estimate of drug-likeness (QED) is 0.666. The molecule has 1 atom stereocenters. The van der Waals surface area contributed by atoms with E-state index in [4.69, 9.17) is 5.84 Å². The monoisotopic (exact) mass is 315 g/mol. The summed E-state index contributed by atoms with van der Waals surface area (Å²) in [6, 6.07) is 7.14. The molecule has 3 N–H and O–H groups in total. The van der Waals surface area contributed by atoms with E-state index in [1.54, 1.807) is 0 Å². The van der Waals surface area contributed by atoms with Gasteiger partial charge < -0.3 is 0 Å². The molecule has 0 spiro atoms. The number of nitrogens with one attached hydrogen (secondary N) is 1. The lowest BCUT2D eigenvalue weighted by molar-refractivity contribution is -0.137. The van der Waals surface area contributed by atoms with Crippen molar-refractivity contribution in [3.8, 4) is 0 Å². The fraction of sp³-hybridized carbons (Fsp3) is 0.357. The average Bonchev–Trinajstić information content (AvgIpc) is 2.90. The molecule has 3 nitrogen and oxygen atoms in total. The molecular formula is C14H16F3N3S. The first-order valence-electron chi connectivity index (χ1n) is 6.42. The van der Waals surface area contributed by atoms with Gasteiger partial charge in [0.25, 0.3) is 0 Å². The van der Waals surface area contributed by atoms with Crippen LogP contribution >= 0.6 is 11.3 Å². The number of hydrogen-bond acceptors (Lipinski definition) is 4. The molecule has 0 aliphatic heterocycles. The predicted molar refractivity (Wildman–Crippen MR) is 76.8 cm³/mol. The highest BCUT2D eigenvalue weighted by Gasteiger charge is 2.35. The highest BCUT2D eigenvalue weighted by molar-refractivity contribution is 7.11. The minimum Gasteiger partial charge on any atom is -0.271 e. The van der Waals surface area contributed by atoms with E-state index in [0.29, 0.717) is 22.1 Å². The van der Waals surface area contributed by atoms with Crippen LogP contribution < -0.4 is 11.3 Å². The first-order valence-corrected chi connectivity index (χ1v) is 7.23. The van der Waals surface area contributed by atoms with Gasteiger partial charge in [0.15, 0.2) is 5.01 Å². The van der Waals surface area contributed by atoms with Crippen LogP contribution in [0.15, 0.2) is 30.5 Å². The number of benzene rings is 1. The Bertz CT molecular complexity index is 590. The van der Waals surface area contributed by atoms with Crippen molar-refractivity contribution in [3.63, 3.8) is 0 Å². The van der Waals surface area contributed by atoms with Gasteiger partial charge in [-0.25, -0.2) is 10.4 Å². The molecule has 0 saturated heterocycles. The van der Waals surface area contributed by atoms with Gasteiger partial charge in [-0.1, -0.05) is 38.1 Å². The lowest BCUT2D eigenvalue weighted by Gasteiger charge is -2.15. The van der Waals surface area contributed by atoms with E-state index < -0.39 is 17.2 Å². The van der Waals surface area contributed by atoms with Gasteiger partial charge in [0.05, 0.1) is 6.04 Å². The number of hydrazine groups is 1. The number of nitrogens with zero attached hydrogens (tertiary/aromatic N) is 1. The standard InChI is InChI=1S/C14H16F3N3S/c1-8(2)9-3-5-10(6-4-9)12(20-18)11-7-19-13(21-11)14(15,16)17/h3-8,12,20H,18H2,1-2H3. The molecule has 1 aromatic heterocycles. The highest BCUT2D eigenvalue weighted by atomic mass is 32.1. The molecule has 0 saturated carbocycles. The lowest BCUT2D eigenvalue weighted by atomic mass is 9.99. The Morgan fingerprint density at radius 2 is 1.71 bits per heavy atom. The molecule has 21 heavy (non-hydrogen) atoms. The Hall–Kier alpha value is -1.44. The van der Waals surface area contributed by atoms with Crippen molar-refractivity contribution in [1.82, 2.24) is 10.4 Å². The summed E-state index contributed by atoms with van der Waals surface area (Å²) in [5.41, 5.74) is 4.52. The van der Waals surface area contributed by atoms with E-state index in [1.807, 2.05) is 24.3 Å². The number of hydrogen-bond donors (Lipinski definition) is 2. The molecule has 2 rings (SSSR count). The van der Waals surface area contributed by atoms with Crippen molar-refractivity contribution in [2.45, 2.75) is 32.0 Å². The summed E-state index contributed by atoms with van der Waals surface area (Å²) in [5, 5.41) is -0.864. The second kappa shape index (κ2) is 6.13. The van der Waals surface area contributed by atoms with Crippen LogP contribution in [0.1, 0.15) is 46.8 Å². The van der Waals surface area contributed by atoms with E-state index in [2.05, 4.69) is 24.3 Å². The van der Waals surface area contributed by atoms with Gasteiger partial charge in [-0.3, -0.25) is 5.84 Å². The van der Waals surface area contributed by atoms with Crippen molar-refractivity contribution in [2.24, 2.45) is 5.84 Å². The smallest absolute Gasteiger partial charge is 0.271 e. The molecule has 0 amide bonds. The molecule has 114 valence electrons. The van der Waals surface area contributed by atoms with Gasteiger partial charge in [-0.15, -0.1) is 11.3 Å². The molecule has 1 heterocycles. The third kappa shape index (κ3) is 3.61. The Balaban J connectivity index is 2.29. The van der Waals surface area contributed by atoms with Crippen LogP contribution in [0.4, 0.5) is 13.2 Å². The van der Waals surface area contributed by atoms with Crippen LogP contribution in [0.25, 0.3) is 0 Å². The number of rotatable bonds is 4. The predicted octanol–water partition coefficient (Wildman–Crippen LogP) is 3.84. The van der Waals surface area contributed by atoms with Crippen molar-refractivity contribution in [1.29, 1.82) is 0 Å². The maximum absolute atomic E-state index is 12.6. The van der Waals surface area contributed by atoms with Crippen molar-refractivity contribution < 1.29 is 13.2 Å². The van der Waals surface area contributed by atoms with Crippen molar-refractivity contribution >= 4 is 11.3 Å². The summed E-state index contributed by atoms with van der Waals surface area (Å²) >= 11 is 0.599. The van der Waals surface area contributed by atoms with E-state index in [1.165, 1.54) is 6.20 Å². The van der Waals surface area contributed by atoms with Crippen molar-refractivity contribution in [3.05, 3.63) is 51.5 Å². The molecule has 2 aromatic rings. The van der Waals surface area contributed by atoms with E-state index in [0.717, 1.165) is 11.1 Å². The summed E-state index contributed by atoms with van der Waals surface area (Å²) in [6.07, 6.45) is -3.21. The number of halogens is 3. The first-order chi connectivity index (χ1) is 9.82. The summed E-state index contributed by atoms with van der Waals surface area (Å²) in [4.78, 5) is 3.86. The van der Waals surface area contributed by atoms with Gasteiger partial charge in [-0.05, 0) is 17.0 Å². The molecule has 0 radical (unpaired) electrons. The number of thiazole rings is 1. The molecule has 0 aliphatic rings. The first kappa shape index (κ1) is 15.9.